The number of pyridine rings is 1. The lowest BCUT2D eigenvalue weighted by atomic mass is 10.3. The Labute approximate surface area is 101 Å². The topological polar surface area (TPSA) is 84.0 Å². The number of rotatable bonds is 7. The van der Waals surface area contributed by atoms with Crippen molar-refractivity contribution >= 4 is 11.5 Å². The molecule has 0 atom stereocenters. The van der Waals surface area contributed by atoms with E-state index in [1.807, 2.05) is 12.1 Å². The molecule has 0 spiro atoms. The second kappa shape index (κ2) is 7.25. The van der Waals surface area contributed by atoms with Crippen LogP contribution in [0.2, 0.25) is 0 Å². The fraction of sp³-hybridized carbons (Fsp3) is 0.333. The molecule has 17 heavy (non-hydrogen) atoms. The highest BCUT2D eigenvalue weighted by Crippen LogP contribution is 2.15. The van der Waals surface area contributed by atoms with Crippen molar-refractivity contribution in [2.45, 2.75) is 6.42 Å². The molecule has 5 nitrogen and oxygen atoms in total. The molecule has 0 bridgehead atoms. The number of aromatic nitrogens is 1. The van der Waals surface area contributed by atoms with Crippen LogP contribution in [0.3, 0.4) is 0 Å². The molecule has 1 rings (SSSR count). The van der Waals surface area contributed by atoms with Gasteiger partial charge in [-0.1, -0.05) is 6.08 Å². The molecule has 0 aliphatic heterocycles. The Balaban J connectivity index is 2.32. The van der Waals surface area contributed by atoms with Gasteiger partial charge in [0.1, 0.15) is 11.9 Å². The largest absolute Gasteiger partial charge is 0.396 e. The van der Waals surface area contributed by atoms with Crippen LogP contribution < -0.4 is 11.1 Å². The number of anilines is 2. The molecule has 0 aromatic carbocycles. The summed E-state index contributed by atoms with van der Waals surface area (Å²) >= 11 is 0. The Bertz CT molecular complexity index is 411. The minimum atomic E-state index is 0.454. The summed E-state index contributed by atoms with van der Waals surface area (Å²) in [5.74, 6) is 0.580. The molecule has 0 unspecified atom stereocenters. The number of nitrogens with one attached hydrogen (secondary N) is 1. The fourth-order valence-corrected chi connectivity index (χ4v) is 1.20. The summed E-state index contributed by atoms with van der Waals surface area (Å²) in [5.41, 5.74) is 6.65. The molecular formula is C12H16N4O. The molecule has 0 aliphatic carbocycles. The number of hydrogen-bond acceptors (Lipinski definition) is 5. The minimum Gasteiger partial charge on any atom is -0.396 e. The van der Waals surface area contributed by atoms with Crippen molar-refractivity contribution in [3.05, 3.63) is 30.5 Å². The Kier molecular flexibility index (Phi) is 5.55. The summed E-state index contributed by atoms with van der Waals surface area (Å²) in [6.07, 6.45) is 4.14. The van der Waals surface area contributed by atoms with Gasteiger partial charge in [0.05, 0.1) is 24.5 Å². The molecule has 0 radical (unpaired) electrons. The summed E-state index contributed by atoms with van der Waals surface area (Å²) in [4.78, 5) is 4.05. The van der Waals surface area contributed by atoms with Crippen molar-refractivity contribution in [3.63, 3.8) is 0 Å². The van der Waals surface area contributed by atoms with Crippen molar-refractivity contribution in [3.8, 4) is 6.07 Å². The maximum absolute atomic E-state index is 8.66. The smallest absolute Gasteiger partial charge is 0.149 e. The van der Waals surface area contributed by atoms with E-state index in [1.165, 1.54) is 6.20 Å². The third-order valence-electron chi connectivity index (χ3n) is 2.05. The van der Waals surface area contributed by atoms with E-state index in [-0.39, 0.29) is 0 Å². The van der Waals surface area contributed by atoms with E-state index in [1.54, 1.807) is 6.07 Å². The standard InChI is InChI=1S/C12H16N4O/c1-2-3-5-17-6-4-15-12-11(14)7-10(8-13)9-16-12/h2,7,9H,1,3-6,14H2,(H,15,16). The predicted octanol–water partition coefficient (Wildman–Crippen LogP) is 1.54. The molecule has 90 valence electrons. The molecule has 0 amide bonds. The average Bonchev–Trinajstić information content (AvgIpc) is 2.35. The average molecular weight is 232 g/mol. The van der Waals surface area contributed by atoms with Gasteiger partial charge in [0, 0.05) is 12.7 Å². The molecule has 0 saturated carbocycles. The van der Waals surface area contributed by atoms with E-state index in [0.717, 1.165) is 6.42 Å². The van der Waals surface area contributed by atoms with Crippen molar-refractivity contribution in [1.29, 1.82) is 5.26 Å². The molecule has 5 heteroatoms. The highest BCUT2D eigenvalue weighted by molar-refractivity contribution is 5.62. The number of nitrogen functional groups attached to an aromatic ring is 1. The van der Waals surface area contributed by atoms with Gasteiger partial charge in [-0.3, -0.25) is 0 Å². The first-order valence-corrected chi connectivity index (χ1v) is 5.36. The van der Waals surface area contributed by atoms with Gasteiger partial charge in [-0.15, -0.1) is 6.58 Å². The van der Waals surface area contributed by atoms with E-state index >= 15 is 0 Å². The molecule has 0 fully saturated rings. The minimum absolute atomic E-state index is 0.454. The first-order valence-electron chi connectivity index (χ1n) is 5.36. The Hall–Kier alpha value is -2.06. The summed E-state index contributed by atoms with van der Waals surface area (Å²) in [6, 6.07) is 3.57. The predicted molar refractivity (Wildman–Crippen MR) is 67.5 cm³/mol. The van der Waals surface area contributed by atoms with Crippen LogP contribution in [0.4, 0.5) is 11.5 Å². The van der Waals surface area contributed by atoms with Crippen LogP contribution in [-0.2, 0) is 4.74 Å². The first-order chi connectivity index (χ1) is 8.27. The number of nitrogens with zero attached hydrogens (tertiary/aromatic N) is 2. The highest BCUT2D eigenvalue weighted by atomic mass is 16.5. The van der Waals surface area contributed by atoms with Gasteiger partial charge in [-0.2, -0.15) is 5.26 Å². The van der Waals surface area contributed by atoms with Crippen LogP contribution in [0, 0.1) is 11.3 Å². The molecule has 1 aromatic heterocycles. The Morgan fingerprint density at radius 3 is 3.06 bits per heavy atom. The van der Waals surface area contributed by atoms with Crippen molar-refractivity contribution < 1.29 is 4.74 Å². The van der Waals surface area contributed by atoms with Crippen LogP contribution in [0.15, 0.2) is 24.9 Å². The van der Waals surface area contributed by atoms with Gasteiger partial charge < -0.3 is 15.8 Å². The van der Waals surface area contributed by atoms with Crippen LogP contribution in [0.5, 0.6) is 0 Å². The van der Waals surface area contributed by atoms with Crippen molar-refractivity contribution in [1.82, 2.24) is 4.98 Å². The zero-order valence-corrected chi connectivity index (χ0v) is 9.65. The molecule has 3 N–H and O–H groups in total. The van der Waals surface area contributed by atoms with Crippen LogP contribution in [0.1, 0.15) is 12.0 Å². The SMILES string of the molecule is C=CCCOCCNc1ncc(C#N)cc1N. The third-order valence-corrected chi connectivity index (χ3v) is 2.05. The van der Waals surface area contributed by atoms with Gasteiger partial charge in [0.15, 0.2) is 0 Å². The summed E-state index contributed by atoms with van der Waals surface area (Å²) in [5, 5.41) is 11.7. The van der Waals surface area contributed by atoms with E-state index in [0.29, 0.717) is 36.8 Å². The molecule has 1 aromatic rings. The molecule has 0 saturated heterocycles. The fourth-order valence-electron chi connectivity index (χ4n) is 1.20. The number of ether oxygens (including phenoxy) is 1. The molecule has 0 aliphatic rings. The van der Waals surface area contributed by atoms with E-state index < -0.39 is 0 Å². The molecular weight excluding hydrogens is 216 g/mol. The highest BCUT2D eigenvalue weighted by Gasteiger charge is 2.01. The van der Waals surface area contributed by atoms with E-state index in [2.05, 4.69) is 16.9 Å². The Morgan fingerprint density at radius 1 is 1.59 bits per heavy atom. The van der Waals surface area contributed by atoms with Gasteiger partial charge in [0.25, 0.3) is 0 Å². The monoisotopic (exact) mass is 232 g/mol. The van der Waals surface area contributed by atoms with Crippen molar-refractivity contribution in [2.75, 3.05) is 30.8 Å². The zero-order valence-electron chi connectivity index (χ0n) is 9.65. The third kappa shape index (κ3) is 4.53. The van der Waals surface area contributed by atoms with Crippen LogP contribution >= 0.6 is 0 Å². The van der Waals surface area contributed by atoms with Gasteiger partial charge in [-0.25, -0.2) is 4.98 Å². The van der Waals surface area contributed by atoms with E-state index in [4.69, 9.17) is 15.7 Å². The number of hydrogen-bond donors (Lipinski definition) is 2. The number of nitrogens with two attached hydrogens (primary N) is 1. The second-order valence-corrected chi connectivity index (χ2v) is 3.39. The lowest BCUT2D eigenvalue weighted by Crippen LogP contribution is -2.12. The summed E-state index contributed by atoms with van der Waals surface area (Å²) < 4.78 is 5.33. The van der Waals surface area contributed by atoms with Gasteiger partial charge in [0.2, 0.25) is 0 Å². The lowest BCUT2D eigenvalue weighted by molar-refractivity contribution is 0.149. The van der Waals surface area contributed by atoms with Crippen LogP contribution in [-0.4, -0.2) is 24.7 Å². The second-order valence-electron chi connectivity index (χ2n) is 3.39. The normalized spacial score (nSPS) is 9.59. The summed E-state index contributed by atoms with van der Waals surface area (Å²) in [6.45, 7) is 5.48. The quantitative estimate of drug-likeness (QED) is 0.550. The lowest BCUT2D eigenvalue weighted by Gasteiger charge is -2.08. The number of nitriles is 1. The zero-order chi connectivity index (χ0) is 12.5. The maximum atomic E-state index is 8.66. The van der Waals surface area contributed by atoms with Crippen LogP contribution in [0.25, 0.3) is 0 Å². The van der Waals surface area contributed by atoms with E-state index in [9.17, 15) is 0 Å². The maximum Gasteiger partial charge on any atom is 0.149 e. The van der Waals surface area contributed by atoms with Gasteiger partial charge >= 0.3 is 0 Å². The van der Waals surface area contributed by atoms with Crippen molar-refractivity contribution in [2.24, 2.45) is 0 Å². The first kappa shape index (κ1) is 13.0. The molecule has 1 heterocycles. The summed E-state index contributed by atoms with van der Waals surface area (Å²) in [7, 11) is 0. The Morgan fingerprint density at radius 2 is 2.41 bits per heavy atom. The van der Waals surface area contributed by atoms with Gasteiger partial charge in [-0.05, 0) is 12.5 Å².